The second kappa shape index (κ2) is 9.46. The van der Waals surface area contributed by atoms with Crippen LogP contribution in [0.4, 0.5) is 24.5 Å². The van der Waals surface area contributed by atoms with Gasteiger partial charge in [-0.15, -0.1) is 0 Å². The lowest BCUT2D eigenvalue weighted by Crippen LogP contribution is -2.25. The van der Waals surface area contributed by atoms with E-state index in [2.05, 4.69) is 10.3 Å². The van der Waals surface area contributed by atoms with Gasteiger partial charge < -0.3 is 10.2 Å². The number of hydrogen-bond acceptors (Lipinski definition) is 5. The molecule has 1 amide bonds. The molecule has 0 saturated carbocycles. The molecular formula is C19H19F3N4OS. The largest absolute Gasteiger partial charge is 0.416 e. The Hall–Kier alpha value is -2.73. The molecule has 1 aromatic heterocycles. The number of thioether (sulfide) groups is 1. The Morgan fingerprint density at radius 3 is 2.61 bits per heavy atom. The van der Waals surface area contributed by atoms with Gasteiger partial charge in [0.15, 0.2) is 0 Å². The fourth-order valence-electron chi connectivity index (χ4n) is 2.56. The molecule has 5 nitrogen and oxygen atoms in total. The summed E-state index contributed by atoms with van der Waals surface area (Å²) in [5.74, 6) is -0.563. The Morgan fingerprint density at radius 2 is 2.00 bits per heavy atom. The summed E-state index contributed by atoms with van der Waals surface area (Å²) in [5, 5.41) is 12.0. The van der Waals surface area contributed by atoms with Crippen LogP contribution in [0.25, 0.3) is 0 Å². The molecule has 0 aliphatic carbocycles. The molecule has 0 aliphatic rings. The van der Waals surface area contributed by atoms with Crippen molar-refractivity contribution < 1.29 is 18.0 Å². The van der Waals surface area contributed by atoms with Crippen LogP contribution in [0.1, 0.15) is 25.0 Å². The molecule has 0 aliphatic heterocycles. The van der Waals surface area contributed by atoms with E-state index in [1.807, 2.05) is 24.8 Å². The van der Waals surface area contributed by atoms with Crippen LogP contribution in [0, 0.1) is 11.3 Å². The number of halogens is 3. The average Bonchev–Trinajstić information content (AvgIpc) is 2.67. The molecule has 148 valence electrons. The second-order valence-corrected chi connectivity index (χ2v) is 6.67. The molecule has 1 heterocycles. The molecule has 2 aromatic rings. The predicted octanol–water partition coefficient (Wildman–Crippen LogP) is 4.55. The summed E-state index contributed by atoms with van der Waals surface area (Å²) < 4.78 is 39.3. The Morgan fingerprint density at radius 1 is 1.29 bits per heavy atom. The van der Waals surface area contributed by atoms with Crippen molar-refractivity contribution >= 4 is 29.0 Å². The van der Waals surface area contributed by atoms with Crippen LogP contribution in [-0.2, 0) is 11.0 Å². The summed E-state index contributed by atoms with van der Waals surface area (Å²) in [5.41, 5.74) is 0.128. The van der Waals surface area contributed by atoms with Gasteiger partial charge in [-0.2, -0.15) is 18.4 Å². The Bertz CT molecular complexity index is 876. The first kappa shape index (κ1) is 21.6. The van der Waals surface area contributed by atoms with Crippen LogP contribution in [0.3, 0.4) is 0 Å². The zero-order chi connectivity index (χ0) is 20.7. The lowest BCUT2D eigenvalue weighted by atomic mass is 10.1. The molecular weight excluding hydrogens is 389 g/mol. The quantitative estimate of drug-likeness (QED) is 0.681. The van der Waals surface area contributed by atoms with Gasteiger partial charge >= 0.3 is 6.18 Å². The van der Waals surface area contributed by atoms with E-state index in [-0.39, 0.29) is 11.4 Å². The smallest absolute Gasteiger partial charge is 0.370 e. The fraction of sp³-hybridized carbons (Fsp3) is 0.316. The molecule has 9 heteroatoms. The van der Waals surface area contributed by atoms with E-state index < -0.39 is 17.6 Å². The maximum Gasteiger partial charge on any atom is 0.416 e. The van der Waals surface area contributed by atoms with Gasteiger partial charge in [-0.1, -0.05) is 11.8 Å². The van der Waals surface area contributed by atoms with Crippen molar-refractivity contribution in [1.29, 1.82) is 5.26 Å². The summed E-state index contributed by atoms with van der Waals surface area (Å²) in [6, 6.07) is 8.49. The molecule has 0 unspecified atom stereocenters. The van der Waals surface area contributed by atoms with Crippen molar-refractivity contribution in [2.75, 3.05) is 29.1 Å². The third kappa shape index (κ3) is 5.39. The average molecular weight is 408 g/mol. The lowest BCUT2D eigenvalue weighted by molar-refractivity contribution is -0.137. The number of carbonyl (C=O) groups excluding carboxylic acids is 1. The molecule has 0 fully saturated rings. The maximum absolute atomic E-state index is 13.1. The van der Waals surface area contributed by atoms with Crippen molar-refractivity contribution in [2.45, 2.75) is 25.0 Å². The molecule has 1 N–H and O–H groups in total. The van der Waals surface area contributed by atoms with E-state index in [0.717, 1.165) is 23.9 Å². The summed E-state index contributed by atoms with van der Waals surface area (Å²) >= 11 is 1.05. The van der Waals surface area contributed by atoms with Gasteiger partial charge in [-0.25, -0.2) is 4.98 Å². The summed E-state index contributed by atoms with van der Waals surface area (Å²) in [4.78, 5) is 18.3. The number of rotatable bonds is 7. The number of aromatic nitrogens is 1. The minimum Gasteiger partial charge on any atom is -0.370 e. The van der Waals surface area contributed by atoms with Crippen LogP contribution in [0.2, 0.25) is 0 Å². The van der Waals surface area contributed by atoms with Gasteiger partial charge in [-0.05, 0) is 44.2 Å². The molecule has 0 bridgehead atoms. The predicted molar refractivity (Wildman–Crippen MR) is 103 cm³/mol. The lowest BCUT2D eigenvalue weighted by Gasteiger charge is -2.25. The summed E-state index contributed by atoms with van der Waals surface area (Å²) in [6.07, 6.45) is -3.00. The minimum atomic E-state index is -4.51. The van der Waals surface area contributed by atoms with Crippen LogP contribution in [0.15, 0.2) is 41.6 Å². The molecule has 2 rings (SSSR count). The first-order chi connectivity index (χ1) is 13.3. The summed E-state index contributed by atoms with van der Waals surface area (Å²) in [6.45, 7) is 4.93. The maximum atomic E-state index is 13.1. The molecule has 28 heavy (non-hydrogen) atoms. The third-order valence-corrected chi connectivity index (χ3v) is 4.94. The first-order valence-electron chi connectivity index (χ1n) is 8.54. The number of benzene rings is 1. The zero-order valence-electron chi connectivity index (χ0n) is 15.4. The van der Waals surface area contributed by atoms with Crippen molar-refractivity contribution in [3.05, 3.63) is 47.7 Å². The highest BCUT2D eigenvalue weighted by molar-refractivity contribution is 8.00. The van der Waals surface area contributed by atoms with Gasteiger partial charge in [-0.3, -0.25) is 4.79 Å². The zero-order valence-corrected chi connectivity index (χ0v) is 16.2. The van der Waals surface area contributed by atoms with Gasteiger partial charge in [0.05, 0.1) is 28.3 Å². The van der Waals surface area contributed by atoms with E-state index >= 15 is 0 Å². The highest BCUT2D eigenvalue weighted by Gasteiger charge is 2.31. The summed E-state index contributed by atoms with van der Waals surface area (Å²) in [7, 11) is 0. The highest BCUT2D eigenvalue weighted by Crippen LogP contribution is 2.35. The van der Waals surface area contributed by atoms with Crippen LogP contribution >= 0.6 is 11.8 Å². The molecule has 0 saturated heterocycles. The number of nitrogens with one attached hydrogen (secondary N) is 1. The first-order valence-corrected chi connectivity index (χ1v) is 9.52. The number of amides is 1. The number of nitriles is 1. The molecule has 0 radical (unpaired) electrons. The van der Waals surface area contributed by atoms with E-state index in [1.54, 1.807) is 12.1 Å². The fourth-order valence-corrected chi connectivity index (χ4v) is 3.31. The number of alkyl halides is 3. The normalized spacial score (nSPS) is 11.0. The second-order valence-electron chi connectivity index (χ2n) is 5.71. The number of nitrogens with zero attached hydrogens (tertiary/aromatic N) is 3. The Labute approximate surface area is 165 Å². The number of carbonyl (C=O) groups is 1. The number of hydrogen-bond donors (Lipinski definition) is 1. The Balaban J connectivity index is 2.22. The van der Waals surface area contributed by atoms with E-state index in [0.29, 0.717) is 29.4 Å². The van der Waals surface area contributed by atoms with E-state index in [4.69, 9.17) is 5.26 Å². The van der Waals surface area contributed by atoms with Gasteiger partial charge in [0.25, 0.3) is 0 Å². The van der Waals surface area contributed by atoms with Crippen molar-refractivity contribution in [1.82, 2.24) is 4.98 Å². The van der Waals surface area contributed by atoms with Gasteiger partial charge in [0.2, 0.25) is 5.91 Å². The Kier molecular flexibility index (Phi) is 7.29. The number of anilines is 2. The third-order valence-electron chi connectivity index (χ3n) is 3.93. The highest BCUT2D eigenvalue weighted by atomic mass is 32.2. The topological polar surface area (TPSA) is 69.0 Å². The van der Waals surface area contributed by atoms with Crippen LogP contribution in [0.5, 0.6) is 0 Å². The SMILES string of the molecule is CCN(CC)c1ccc(C(F)(F)F)cc1NC(=O)CSc1ncccc1C#N. The monoisotopic (exact) mass is 408 g/mol. The molecule has 0 atom stereocenters. The minimum absolute atomic E-state index is 0.0837. The number of pyridine rings is 1. The van der Waals surface area contributed by atoms with Gasteiger partial charge in [0, 0.05) is 19.3 Å². The van der Waals surface area contributed by atoms with Crippen molar-refractivity contribution in [3.63, 3.8) is 0 Å². The van der Waals surface area contributed by atoms with Crippen molar-refractivity contribution in [3.8, 4) is 6.07 Å². The standard InChI is InChI=1S/C19H19F3N4OS/c1-3-26(4-2)16-8-7-14(19(20,21)22)10-15(16)25-17(27)12-28-18-13(11-23)6-5-9-24-18/h5-10H,3-4,12H2,1-2H3,(H,25,27). The van der Waals surface area contributed by atoms with Crippen LogP contribution < -0.4 is 10.2 Å². The van der Waals surface area contributed by atoms with E-state index in [9.17, 15) is 18.0 Å². The molecule has 0 spiro atoms. The van der Waals surface area contributed by atoms with Gasteiger partial charge in [0.1, 0.15) is 11.1 Å². The van der Waals surface area contributed by atoms with E-state index in [1.165, 1.54) is 12.3 Å². The molecule has 1 aromatic carbocycles. The van der Waals surface area contributed by atoms with Crippen molar-refractivity contribution in [2.24, 2.45) is 0 Å². The van der Waals surface area contributed by atoms with Crippen LogP contribution in [-0.4, -0.2) is 29.7 Å².